The minimum atomic E-state index is 0.851. The molecule has 0 unspecified atom stereocenters. The molecule has 0 radical (unpaired) electrons. The summed E-state index contributed by atoms with van der Waals surface area (Å²) in [5, 5.41) is 12.7. The fourth-order valence-corrected chi connectivity index (χ4v) is 2.07. The van der Waals surface area contributed by atoms with Crippen molar-refractivity contribution in [2.24, 2.45) is 0 Å². The van der Waals surface area contributed by atoms with Crippen LogP contribution in [0.25, 0.3) is 17.7 Å². The van der Waals surface area contributed by atoms with Crippen molar-refractivity contribution < 1.29 is 0 Å². The van der Waals surface area contributed by atoms with E-state index in [2.05, 4.69) is 46.9 Å². The van der Waals surface area contributed by atoms with Gasteiger partial charge in [0.15, 0.2) is 0 Å². The fourth-order valence-electron chi connectivity index (χ4n) is 2.07. The third-order valence-corrected chi connectivity index (χ3v) is 3.02. The molecule has 0 spiro atoms. The van der Waals surface area contributed by atoms with Gasteiger partial charge in [-0.25, -0.2) is 0 Å². The third kappa shape index (κ3) is 2.88. The van der Waals surface area contributed by atoms with Crippen LogP contribution in [-0.2, 0) is 0 Å². The fraction of sp³-hybridized carbons (Fsp3) is 0.118. The molecule has 1 aromatic heterocycles. The van der Waals surface area contributed by atoms with Gasteiger partial charge in [-0.1, -0.05) is 49.6 Å². The van der Waals surface area contributed by atoms with E-state index in [1.54, 1.807) is 6.20 Å². The molecule has 20 heavy (non-hydrogen) atoms. The molecule has 1 aliphatic carbocycles. The van der Waals surface area contributed by atoms with Crippen molar-refractivity contribution in [2.75, 3.05) is 0 Å². The summed E-state index contributed by atoms with van der Waals surface area (Å²) in [6, 6.07) is 0. The molecule has 3 nitrogen and oxygen atoms in total. The van der Waals surface area contributed by atoms with Crippen LogP contribution in [0.5, 0.6) is 0 Å². The Bertz CT molecular complexity index is 712. The zero-order valence-electron chi connectivity index (χ0n) is 11.7. The maximum atomic E-state index is 4.42. The first kappa shape index (κ1) is 13.9. The highest BCUT2D eigenvalue weighted by molar-refractivity contribution is 5.74. The van der Waals surface area contributed by atoms with E-state index >= 15 is 0 Å². The van der Waals surface area contributed by atoms with Gasteiger partial charge in [0.1, 0.15) is 0 Å². The van der Waals surface area contributed by atoms with E-state index in [-0.39, 0.29) is 0 Å². The smallest absolute Gasteiger partial charge is 0.0999 e. The highest BCUT2D eigenvalue weighted by atomic mass is 15.1. The Kier molecular flexibility index (Phi) is 4.56. The SMILES string of the molecule is C=CNC1=CCC=c2[nH]nc(/C(C=C)=C/C=C\C)c2=C1. The Balaban J connectivity index is 2.60. The molecule has 0 saturated heterocycles. The largest absolute Gasteiger partial charge is 0.363 e. The van der Waals surface area contributed by atoms with Gasteiger partial charge in [0.2, 0.25) is 0 Å². The number of H-pyrrole nitrogens is 1. The lowest BCUT2D eigenvalue weighted by molar-refractivity contribution is 1.05. The van der Waals surface area contributed by atoms with Crippen molar-refractivity contribution in [1.29, 1.82) is 0 Å². The van der Waals surface area contributed by atoms with Gasteiger partial charge in [-0.15, -0.1) is 0 Å². The average Bonchev–Trinajstić information content (AvgIpc) is 2.73. The Hall–Kier alpha value is -2.55. The van der Waals surface area contributed by atoms with Gasteiger partial charge in [0.25, 0.3) is 0 Å². The molecule has 0 bridgehead atoms. The van der Waals surface area contributed by atoms with E-state index in [0.717, 1.165) is 34.0 Å². The number of aromatic amines is 1. The van der Waals surface area contributed by atoms with Crippen LogP contribution in [0, 0.1) is 0 Å². The maximum absolute atomic E-state index is 4.42. The summed E-state index contributed by atoms with van der Waals surface area (Å²) in [7, 11) is 0. The molecule has 102 valence electrons. The first-order chi connectivity index (χ1) is 9.80. The van der Waals surface area contributed by atoms with Crippen molar-refractivity contribution in [3.63, 3.8) is 0 Å². The van der Waals surface area contributed by atoms with Crippen molar-refractivity contribution in [2.45, 2.75) is 13.3 Å². The molecule has 0 aliphatic heterocycles. The maximum Gasteiger partial charge on any atom is 0.0999 e. The molecule has 0 amide bonds. The number of allylic oxidation sites excluding steroid dienone is 7. The molecule has 0 fully saturated rings. The number of nitrogens with one attached hydrogen (secondary N) is 2. The zero-order valence-corrected chi connectivity index (χ0v) is 11.7. The van der Waals surface area contributed by atoms with Gasteiger partial charge in [0.05, 0.1) is 11.0 Å². The van der Waals surface area contributed by atoms with Crippen LogP contribution in [-0.4, -0.2) is 10.2 Å². The van der Waals surface area contributed by atoms with Gasteiger partial charge in [-0.05, 0) is 25.6 Å². The van der Waals surface area contributed by atoms with Gasteiger partial charge >= 0.3 is 0 Å². The Morgan fingerprint density at radius 1 is 1.40 bits per heavy atom. The molecule has 2 rings (SSSR count). The van der Waals surface area contributed by atoms with E-state index in [0.29, 0.717) is 0 Å². The lowest BCUT2D eigenvalue weighted by Crippen LogP contribution is -2.25. The molecule has 0 atom stereocenters. The molecule has 1 heterocycles. The van der Waals surface area contributed by atoms with Crippen LogP contribution in [0.3, 0.4) is 0 Å². The molecule has 1 aromatic rings. The zero-order chi connectivity index (χ0) is 14.4. The van der Waals surface area contributed by atoms with Crippen LogP contribution >= 0.6 is 0 Å². The van der Waals surface area contributed by atoms with Crippen LogP contribution in [0.2, 0.25) is 0 Å². The molecule has 3 heteroatoms. The molecule has 1 aliphatic rings. The second kappa shape index (κ2) is 6.57. The van der Waals surface area contributed by atoms with E-state index in [1.165, 1.54) is 0 Å². The molecule has 0 saturated carbocycles. The minimum Gasteiger partial charge on any atom is -0.363 e. The van der Waals surface area contributed by atoms with Gasteiger partial charge < -0.3 is 5.32 Å². The summed E-state index contributed by atoms with van der Waals surface area (Å²) in [6.07, 6.45) is 16.6. The summed E-state index contributed by atoms with van der Waals surface area (Å²) in [5.41, 5.74) is 2.92. The van der Waals surface area contributed by atoms with Gasteiger partial charge in [-0.2, -0.15) is 5.10 Å². The average molecular weight is 265 g/mol. The summed E-state index contributed by atoms with van der Waals surface area (Å²) in [6.45, 7) is 9.56. The number of nitrogens with zero attached hydrogens (tertiary/aromatic N) is 1. The van der Waals surface area contributed by atoms with Crippen molar-refractivity contribution in [1.82, 2.24) is 15.5 Å². The predicted molar refractivity (Wildman–Crippen MR) is 85.8 cm³/mol. The topological polar surface area (TPSA) is 40.7 Å². The quantitative estimate of drug-likeness (QED) is 0.801. The van der Waals surface area contributed by atoms with Gasteiger partial charge in [0, 0.05) is 16.5 Å². The van der Waals surface area contributed by atoms with Crippen molar-refractivity contribution in [3.8, 4) is 0 Å². The Labute approximate surface area is 119 Å². The lowest BCUT2D eigenvalue weighted by Gasteiger charge is -2.00. The van der Waals surface area contributed by atoms with Gasteiger partial charge in [-0.3, -0.25) is 5.10 Å². The molecular weight excluding hydrogens is 246 g/mol. The van der Waals surface area contributed by atoms with E-state index < -0.39 is 0 Å². The number of hydrogen-bond acceptors (Lipinski definition) is 2. The minimum absolute atomic E-state index is 0.851. The number of hydrogen-bond donors (Lipinski definition) is 2. The highest BCUT2D eigenvalue weighted by Gasteiger charge is 2.07. The van der Waals surface area contributed by atoms with E-state index in [1.807, 2.05) is 31.2 Å². The number of fused-ring (bicyclic) bond motifs is 1. The normalized spacial score (nSPS) is 14.7. The first-order valence-corrected chi connectivity index (χ1v) is 6.59. The number of aromatic nitrogens is 2. The monoisotopic (exact) mass is 265 g/mol. The van der Waals surface area contributed by atoms with Crippen molar-refractivity contribution >= 4 is 17.7 Å². The summed E-state index contributed by atoms with van der Waals surface area (Å²) in [5.74, 6) is 0. The first-order valence-electron chi connectivity index (χ1n) is 6.59. The second-order valence-electron chi connectivity index (χ2n) is 4.34. The second-order valence-corrected chi connectivity index (χ2v) is 4.34. The molecule has 0 aromatic carbocycles. The lowest BCUT2D eigenvalue weighted by atomic mass is 10.1. The Morgan fingerprint density at radius 3 is 2.95 bits per heavy atom. The van der Waals surface area contributed by atoms with E-state index in [9.17, 15) is 0 Å². The molecular formula is C17H19N3. The van der Waals surface area contributed by atoms with E-state index in [4.69, 9.17) is 0 Å². The summed E-state index contributed by atoms with van der Waals surface area (Å²) >= 11 is 0. The van der Waals surface area contributed by atoms with Crippen LogP contribution in [0.4, 0.5) is 0 Å². The summed E-state index contributed by atoms with van der Waals surface area (Å²) < 4.78 is 0. The van der Waals surface area contributed by atoms with Crippen molar-refractivity contribution in [3.05, 3.63) is 71.7 Å². The standard InChI is InChI=1S/C17H19N3/c1-4-7-9-13(5-2)17-15-12-14(18-6-3)10-8-11-16(15)19-20-17/h4-7,9-12,18-19H,2-3,8H2,1H3/b7-4-,13-9+. The Morgan fingerprint density at radius 2 is 2.25 bits per heavy atom. The highest BCUT2D eigenvalue weighted by Crippen LogP contribution is 2.09. The van der Waals surface area contributed by atoms with Crippen LogP contribution in [0.15, 0.2) is 55.4 Å². The summed E-state index contributed by atoms with van der Waals surface area (Å²) in [4.78, 5) is 0. The molecule has 2 N–H and O–H groups in total. The number of rotatable bonds is 5. The van der Waals surface area contributed by atoms with Crippen LogP contribution in [0.1, 0.15) is 19.0 Å². The predicted octanol–water partition coefficient (Wildman–Crippen LogP) is 2.14. The third-order valence-electron chi connectivity index (χ3n) is 3.02. The van der Waals surface area contributed by atoms with Crippen LogP contribution < -0.4 is 15.9 Å².